The summed E-state index contributed by atoms with van der Waals surface area (Å²) in [7, 11) is -3.45. The molecule has 1 aromatic rings. The highest BCUT2D eigenvalue weighted by Crippen LogP contribution is 2.11. The molecule has 0 saturated heterocycles. The summed E-state index contributed by atoms with van der Waals surface area (Å²) in [6.07, 6.45) is 1.50. The largest absolute Gasteiger partial charge is 0.393 e. The van der Waals surface area contributed by atoms with Crippen molar-refractivity contribution >= 4 is 10.0 Å². The molecule has 4 nitrogen and oxygen atoms in total. The summed E-state index contributed by atoms with van der Waals surface area (Å²) in [5.41, 5.74) is 1.11. The number of nitrogens with one attached hydrogen (secondary N) is 1. The Balaban J connectivity index is 2.62. The van der Waals surface area contributed by atoms with Crippen molar-refractivity contribution in [1.29, 1.82) is 0 Å². The van der Waals surface area contributed by atoms with Crippen LogP contribution in [0.25, 0.3) is 0 Å². The minimum Gasteiger partial charge on any atom is -0.393 e. The number of rotatable bonds is 7. The first kappa shape index (κ1) is 15.1. The number of benzene rings is 1. The van der Waals surface area contributed by atoms with Crippen molar-refractivity contribution in [2.75, 3.05) is 6.54 Å². The van der Waals surface area contributed by atoms with E-state index < -0.39 is 16.1 Å². The van der Waals surface area contributed by atoms with Crippen molar-refractivity contribution < 1.29 is 13.5 Å². The SMILES string of the molecule is CCc1ccc(S(=O)(=O)NCCC(O)CC)cc1. The maximum absolute atomic E-state index is 11.9. The second kappa shape index (κ2) is 6.87. The first-order valence-electron chi connectivity index (χ1n) is 6.26. The summed E-state index contributed by atoms with van der Waals surface area (Å²) in [4.78, 5) is 0.269. The zero-order valence-electron chi connectivity index (χ0n) is 10.9. The van der Waals surface area contributed by atoms with E-state index in [1.807, 2.05) is 26.0 Å². The number of hydrogen-bond acceptors (Lipinski definition) is 3. The number of aryl methyl sites for hydroxylation is 1. The van der Waals surface area contributed by atoms with Crippen LogP contribution in [0.3, 0.4) is 0 Å². The standard InChI is InChI=1S/C13H21NO3S/c1-3-11-5-7-13(8-6-11)18(16,17)14-10-9-12(15)4-2/h5-8,12,14-15H,3-4,9-10H2,1-2H3. The highest BCUT2D eigenvalue weighted by molar-refractivity contribution is 7.89. The van der Waals surface area contributed by atoms with Crippen molar-refractivity contribution in [2.24, 2.45) is 0 Å². The predicted octanol–water partition coefficient (Wildman–Crippen LogP) is 1.69. The van der Waals surface area contributed by atoms with E-state index in [-0.39, 0.29) is 11.4 Å². The Hall–Kier alpha value is -0.910. The zero-order chi connectivity index (χ0) is 13.6. The monoisotopic (exact) mass is 271 g/mol. The molecule has 1 unspecified atom stereocenters. The Labute approximate surface area is 109 Å². The highest BCUT2D eigenvalue weighted by atomic mass is 32.2. The van der Waals surface area contributed by atoms with Gasteiger partial charge < -0.3 is 5.11 Å². The summed E-state index contributed by atoms with van der Waals surface area (Å²) in [6.45, 7) is 4.14. The van der Waals surface area contributed by atoms with Crippen molar-refractivity contribution in [3.63, 3.8) is 0 Å². The molecular formula is C13H21NO3S. The lowest BCUT2D eigenvalue weighted by molar-refractivity contribution is 0.162. The number of sulfonamides is 1. The van der Waals surface area contributed by atoms with Gasteiger partial charge in [-0.3, -0.25) is 0 Å². The topological polar surface area (TPSA) is 66.4 Å². The molecule has 0 spiro atoms. The summed E-state index contributed by atoms with van der Waals surface area (Å²) >= 11 is 0. The van der Waals surface area contributed by atoms with E-state index >= 15 is 0 Å². The molecule has 102 valence electrons. The molecule has 1 rings (SSSR count). The number of hydrogen-bond donors (Lipinski definition) is 2. The van der Waals surface area contributed by atoms with Crippen LogP contribution in [0.2, 0.25) is 0 Å². The van der Waals surface area contributed by atoms with Crippen LogP contribution < -0.4 is 4.72 Å². The lowest BCUT2D eigenvalue weighted by Crippen LogP contribution is -2.27. The third-order valence-corrected chi connectivity index (χ3v) is 4.36. The lowest BCUT2D eigenvalue weighted by Gasteiger charge is -2.09. The molecule has 5 heteroatoms. The van der Waals surface area contributed by atoms with Crippen LogP contribution in [0.15, 0.2) is 29.2 Å². The zero-order valence-corrected chi connectivity index (χ0v) is 11.7. The molecule has 0 radical (unpaired) electrons. The molecule has 18 heavy (non-hydrogen) atoms. The van der Waals surface area contributed by atoms with Gasteiger partial charge in [0, 0.05) is 6.54 Å². The van der Waals surface area contributed by atoms with E-state index in [1.165, 1.54) is 0 Å². The van der Waals surface area contributed by atoms with Crippen LogP contribution >= 0.6 is 0 Å². The first-order chi connectivity index (χ1) is 8.49. The smallest absolute Gasteiger partial charge is 0.240 e. The Morgan fingerprint density at radius 3 is 2.33 bits per heavy atom. The van der Waals surface area contributed by atoms with Crippen LogP contribution in [0, 0.1) is 0 Å². The number of aliphatic hydroxyl groups excluding tert-OH is 1. The lowest BCUT2D eigenvalue weighted by atomic mass is 10.2. The molecular weight excluding hydrogens is 250 g/mol. The van der Waals surface area contributed by atoms with Crippen LogP contribution in [0.5, 0.6) is 0 Å². The van der Waals surface area contributed by atoms with Gasteiger partial charge >= 0.3 is 0 Å². The van der Waals surface area contributed by atoms with Crippen LogP contribution in [-0.4, -0.2) is 26.2 Å². The number of aliphatic hydroxyl groups is 1. The summed E-state index contributed by atoms with van der Waals surface area (Å²) in [6, 6.07) is 6.85. The van der Waals surface area contributed by atoms with Gasteiger partial charge in [-0.1, -0.05) is 26.0 Å². The van der Waals surface area contributed by atoms with Crippen LogP contribution in [0.4, 0.5) is 0 Å². The molecule has 0 aromatic heterocycles. The first-order valence-corrected chi connectivity index (χ1v) is 7.74. The highest BCUT2D eigenvalue weighted by Gasteiger charge is 2.13. The second-order valence-electron chi connectivity index (χ2n) is 4.25. The Morgan fingerprint density at radius 2 is 1.83 bits per heavy atom. The average Bonchev–Trinajstić information content (AvgIpc) is 2.38. The van der Waals surface area contributed by atoms with E-state index in [0.29, 0.717) is 12.8 Å². The molecule has 0 fully saturated rings. The maximum Gasteiger partial charge on any atom is 0.240 e. The normalized spacial score (nSPS) is 13.5. The third kappa shape index (κ3) is 4.40. The fraction of sp³-hybridized carbons (Fsp3) is 0.538. The van der Waals surface area contributed by atoms with Gasteiger partial charge in [0.1, 0.15) is 0 Å². The maximum atomic E-state index is 11.9. The van der Waals surface area contributed by atoms with Gasteiger partial charge in [-0.15, -0.1) is 0 Å². The average molecular weight is 271 g/mol. The van der Waals surface area contributed by atoms with Gasteiger partial charge in [0.2, 0.25) is 10.0 Å². The quantitative estimate of drug-likeness (QED) is 0.793. The van der Waals surface area contributed by atoms with Gasteiger partial charge in [-0.05, 0) is 37.0 Å². The summed E-state index contributed by atoms with van der Waals surface area (Å²) in [5.74, 6) is 0. The molecule has 1 aromatic carbocycles. The molecule has 0 aliphatic heterocycles. The summed E-state index contributed by atoms with van der Waals surface area (Å²) < 4.78 is 26.3. The minimum atomic E-state index is -3.45. The van der Waals surface area contributed by atoms with Crippen molar-refractivity contribution in [3.8, 4) is 0 Å². The summed E-state index contributed by atoms with van der Waals surface area (Å²) in [5, 5.41) is 9.36. The van der Waals surface area contributed by atoms with Crippen molar-refractivity contribution in [1.82, 2.24) is 4.72 Å². The molecule has 0 heterocycles. The minimum absolute atomic E-state index is 0.257. The fourth-order valence-electron chi connectivity index (χ4n) is 1.55. The molecule has 0 aliphatic carbocycles. The van der Waals surface area contributed by atoms with Gasteiger partial charge in [-0.25, -0.2) is 13.1 Å². The molecule has 0 aliphatic rings. The van der Waals surface area contributed by atoms with Crippen LogP contribution in [0.1, 0.15) is 32.3 Å². The second-order valence-corrected chi connectivity index (χ2v) is 6.01. The molecule has 0 amide bonds. The fourth-order valence-corrected chi connectivity index (χ4v) is 2.60. The van der Waals surface area contributed by atoms with Crippen molar-refractivity contribution in [2.45, 2.75) is 44.1 Å². The van der Waals surface area contributed by atoms with Crippen LogP contribution in [-0.2, 0) is 16.4 Å². The van der Waals surface area contributed by atoms with Gasteiger partial charge in [0.25, 0.3) is 0 Å². The van der Waals surface area contributed by atoms with Gasteiger partial charge in [0.05, 0.1) is 11.0 Å². The van der Waals surface area contributed by atoms with E-state index in [9.17, 15) is 13.5 Å². The van der Waals surface area contributed by atoms with E-state index in [2.05, 4.69) is 4.72 Å². The molecule has 0 saturated carbocycles. The predicted molar refractivity (Wildman–Crippen MR) is 71.9 cm³/mol. The molecule has 1 atom stereocenters. The Kier molecular flexibility index (Phi) is 5.78. The third-order valence-electron chi connectivity index (χ3n) is 2.88. The Bertz CT molecular complexity index is 454. The van der Waals surface area contributed by atoms with E-state index in [1.54, 1.807) is 12.1 Å². The van der Waals surface area contributed by atoms with E-state index in [0.717, 1.165) is 12.0 Å². The van der Waals surface area contributed by atoms with E-state index in [4.69, 9.17) is 0 Å². The molecule has 0 bridgehead atoms. The van der Waals surface area contributed by atoms with Gasteiger partial charge in [0.15, 0.2) is 0 Å². The van der Waals surface area contributed by atoms with Gasteiger partial charge in [-0.2, -0.15) is 0 Å². The molecule has 2 N–H and O–H groups in total. The van der Waals surface area contributed by atoms with Crippen molar-refractivity contribution in [3.05, 3.63) is 29.8 Å². The Morgan fingerprint density at radius 1 is 1.22 bits per heavy atom.